The molecule has 0 unspecified atom stereocenters. The fourth-order valence-electron chi connectivity index (χ4n) is 3.78. The van der Waals surface area contributed by atoms with Crippen LogP contribution in [0.15, 0.2) is 23.2 Å². The first-order chi connectivity index (χ1) is 11.7. The van der Waals surface area contributed by atoms with Gasteiger partial charge in [-0.05, 0) is 13.8 Å². The van der Waals surface area contributed by atoms with Crippen LogP contribution < -0.4 is 4.74 Å². The van der Waals surface area contributed by atoms with Crippen molar-refractivity contribution in [2.24, 2.45) is 0 Å². The van der Waals surface area contributed by atoms with Gasteiger partial charge in [0.25, 0.3) is 0 Å². The molecule has 2 saturated heterocycles. The topological polar surface area (TPSA) is 67.5 Å². The van der Waals surface area contributed by atoms with E-state index in [2.05, 4.69) is 24.9 Å². The molecule has 7 nitrogen and oxygen atoms in total. The summed E-state index contributed by atoms with van der Waals surface area (Å²) in [5.41, 5.74) is 2.24. The number of rotatable bonds is 4. The van der Waals surface area contributed by atoms with Crippen LogP contribution in [0, 0.1) is 13.8 Å². The van der Waals surface area contributed by atoms with E-state index in [1.165, 1.54) is 11.9 Å². The van der Waals surface area contributed by atoms with Crippen LogP contribution >= 0.6 is 0 Å². The monoisotopic (exact) mass is 329 g/mol. The van der Waals surface area contributed by atoms with Crippen LogP contribution in [0.4, 0.5) is 0 Å². The van der Waals surface area contributed by atoms with Crippen LogP contribution in [0.25, 0.3) is 0 Å². The molecule has 7 heteroatoms. The Morgan fingerprint density at radius 2 is 2.04 bits per heavy atom. The number of ether oxygens (including phenoxy) is 1. The van der Waals surface area contributed by atoms with E-state index in [0.717, 1.165) is 56.3 Å². The van der Waals surface area contributed by atoms with Crippen molar-refractivity contribution in [1.29, 1.82) is 0 Å². The van der Waals surface area contributed by atoms with Gasteiger partial charge in [0.2, 0.25) is 0 Å². The zero-order valence-corrected chi connectivity index (χ0v) is 14.2. The molecule has 2 aromatic heterocycles. The van der Waals surface area contributed by atoms with Crippen LogP contribution in [0.1, 0.15) is 23.4 Å². The zero-order chi connectivity index (χ0) is 16.5. The quantitative estimate of drug-likeness (QED) is 0.840. The highest BCUT2D eigenvalue weighted by atomic mass is 16.5. The predicted octanol–water partition coefficient (Wildman–Crippen LogP) is 1.42. The average Bonchev–Trinajstić information content (AvgIpc) is 3.12. The van der Waals surface area contributed by atoms with Crippen LogP contribution in [0.2, 0.25) is 0 Å². The molecule has 2 aliphatic rings. The van der Waals surface area contributed by atoms with E-state index in [-0.39, 0.29) is 6.10 Å². The number of piperazine rings is 1. The molecule has 2 aliphatic heterocycles. The van der Waals surface area contributed by atoms with E-state index < -0.39 is 0 Å². The third-order valence-electron chi connectivity index (χ3n) is 5.06. The molecule has 0 aliphatic carbocycles. The molecular formula is C17H23N5O2. The second kappa shape index (κ2) is 6.49. The first kappa shape index (κ1) is 15.5. The maximum absolute atomic E-state index is 6.04. The molecule has 4 heterocycles. The second-order valence-corrected chi connectivity index (χ2v) is 6.74. The Bertz CT molecular complexity index is 670. The molecule has 0 amide bonds. The minimum absolute atomic E-state index is 0.222. The zero-order valence-electron chi connectivity index (χ0n) is 14.2. The Kier molecular flexibility index (Phi) is 4.20. The Hall–Kier alpha value is -1.99. The summed E-state index contributed by atoms with van der Waals surface area (Å²) in [7, 11) is 0. The number of aryl methyl sites for hydroxylation is 2. The minimum atomic E-state index is 0.222. The molecule has 0 saturated carbocycles. The molecule has 24 heavy (non-hydrogen) atoms. The van der Waals surface area contributed by atoms with Gasteiger partial charge in [0.1, 0.15) is 18.2 Å². The fourth-order valence-corrected chi connectivity index (χ4v) is 3.78. The Labute approximate surface area is 141 Å². The lowest BCUT2D eigenvalue weighted by atomic mass is 10.1. The Morgan fingerprint density at radius 3 is 2.79 bits per heavy atom. The number of hydrogen-bond donors (Lipinski definition) is 0. The number of fused-ring (bicyclic) bond motifs is 1. The Balaban J connectivity index is 1.36. The number of aromatic nitrogens is 3. The summed E-state index contributed by atoms with van der Waals surface area (Å²) in [6, 6.07) is 0.550. The fraction of sp³-hybridized carbons (Fsp3) is 0.588. The van der Waals surface area contributed by atoms with E-state index in [9.17, 15) is 0 Å². The molecule has 0 N–H and O–H groups in total. The molecule has 128 valence electrons. The van der Waals surface area contributed by atoms with E-state index in [1.807, 2.05) is 13.8 Å². The van der Waals surface area contributed by atoms with E-state index in [4.69, 9.17) is 9.26 Å². The molecule has 0 bridgehead atoms. The first-order valence-electron chi connectivity index (χ1n) is 8.49. The summed E-state index contributed by atoms with van der Waals surface area (Å²) in [6.07, 6.45) is 6.26. The predicted molar refractivity (Wildman–Crippen MR) is 87.7 cm³/mol. The van der Waals surface area contributed by atoms with Crippen molar-refractivity contribution in [2.75, 3.05) is 26.2 Å². The largest absolute Gasteiger partial charge is 0.486 e. The van der Waals surface area contributed by atoms with Gasteiger partial charge in [-0.2, -0.15) is 0 Å². The summed E-state index contributed by atoms with van der Waals surface area (Å²) in [5, 5.41) is 4.06. The smallest absolute Gasteiger partial charge is 0.156 e. The first-order valence-corrected chi connectivity index (χ1v) is 8.49. The van der Waals surface area contributed by atoms with Crippen LogP contribution in [-0.2, 0) is 6.54 Å². The van der Waals surface area contributed by atoms with Crippen molar-refractivity contribution < 1.29 is 9.26 Å². The third kappa shape index (κ3) is 3.14. The molecule has 0 radical (unpaired) electrons. The highest BCUT2D eigenvalue weighted by molar-refractivity contribution is 5.20. The van der Waals surface area contributed by atoms with Gasteiger partial charge in [-0.3, -0.25) is 9.80 Å². The van der Waals surface area contributed by atoms with E-state index in [1.54, 1.807) is 12.4 Å². The van der Waals surface area contributed by atoms with Crippen molar-refractivity contribution in [2.45, 2.75) is 39.0 Å². The second-order valence-electron chi connectivity index (χ2n) is 6.74. The molecule has 0 spiro atoms. The van der Waals surface area contributed by atoms with Crippen LogP contribution in [0.5, 0.6) is 5.75 Å². The van der Waals surface area contributed by atoms with Gasteiger partial charge in [0.15, 0.2) is 5.75 Å². The van der Waals surface area contributed by atoms with Gasteiger partial charge < -0.3 is 9.26 Å². The van der Waals surface area contributed by atoms with Crippen LogP contribution in [-0.4, -0.2) is 63.2 Å². The summed E-state index contributed by atoms with van der Waals surface area (Å²) in [6.45, 7) is 9.13. The van der Waals surface area contributed by atoms with Crippen LogP contribution in [0.3, 0.4) is 0 Å². The van der Waals surface area contributed by atoms with Crippen molar-refractivity contribution in [1.82, 2.24) is 24.9 Å². The van der Waals surface area contributed by atoms with Gasteiger partial charge in [-0.15, -0.1) is 0 Å². The standard InChI is InChI=1S/C17H23N5O2/c1-12-17(13(2)24-20-12)10-21-3-4-22-9-15(5-14(22)8-21)23-16-6-18-11-19-7-16/h6-7,11,14-15H,3-5,8-10H2,1-2H3/t14-,15+/m0/s1. The summed E-state index contributed by atoms with van der Waals surface area (Å²) in [4.78, 5) is 13.1. The van der Waals surface area contributed by atoms with Gasteiger partial charge in [0.05, 0.1) is 18.1 Å². The molecule has 2 fully saturated rings. The average molecular weight is 329 g/mol. The summed E-state index contributed by atoms with van der Waals surface area (Å²) >= 11 is 0. The minimum Gasteiger partial charge on any atom is -0.486 e. The third-order valence-corrected chi connectivity index (χ3v) is 5.06. The summed E-state index contributed by atoms with van der Waals surface area (Å²) in [5.74, 6) is 1.70. The van der Waals surface area contributed by atoms with Gasteiger partial charge in [-0.25, -0.2) is 9.97 Å². The number of nitrogens with zero attached hydrogens (tertiary/aromatic N) is 5. The molecule has 2 aromatic rings. The molecule has 4 rings (SSSR count). The van der Waals surface area contributed by atoms with Crippen molar-refractivity contribution in [3.63, 3.8) is 0 Å². The van der Waals surface area contributed by atoms with Gasteiger partial charge in [0, 0.05) is 50.7 Å². The normalized spacial score (nSPS) is 24.9. The molecular weight excluding hydrogens is 306 g/mol. The number of hydrogen-bond acceptors (Lipinski definition) is 7. The van der Waals surface area contributed by atoms with E-state index >= 15 is 0 Å². The molecule has 2 atom stereocenters. The Morgan fingerprint density at radius 1 is 1.21 bits per heavy atom. The van der Waals surface area contributed by atoms with Crippen molar-refractivity contribution in [3.8, 4) is 5.75 Å². The lowest BCUT2D eigenvalue weighted by Crippen LogP contribution is -2.49. The molecule has 0 aromatic carbocycles. The van der Waals surface area contributed by atoms with Gasteiger partial charge in [-0.1, -0.05) is 5.16 Å². The summed E-state index contributed by atoms with van der Waals surface area (Å²) < 4.78 is 11.3. The van der Waals surface area contributed by atoms with Crippen molar-refractivity contribution >= 4 is 0 Å². The lowest BCUT2D eigenvalue weighted by Gasteiger charge is -2.37. The van der Waals surface area contributed by atoms with Crippen molar-refractivity contribution in [3.05, 3.63) is 35.7 Å². The maximum atomic E-state index is 6.04. The van der Waals surface area contributed by atoms with E-state index in [0.29, 0.717) is 6.04 Å². The SMILES string of the molecule is Cc1noc(C)c1CN1CCN2C[C@H](Oc3cncnc3)C[C@H]2C1. The lowest BCUT2D eigenvalue weighted by molar-refractivity contribution is 0.0974. The van der Waals surface area contributed by atoms with Gasteiger partial charge >= 0.3 is 0 Å². The highest BCUT2D eigenvalue weighted by Gasteiger charge is 2.37. The maximum Gasteiger partial charge on any atom is 0.156 e. The highest BCUT2D eigenvalue weighted by Crippen LogP contribution is 2.26.